The van der Waals surface area contributed by atoms with Gasteiger partial charge >= 0.3 is 5.97 Å². The Bertz CT molecular complexity index is 1060. The van der Waals surface area contributed by atoms with E-state index >= 15 is 0 Å². The van der Waals surface area contributed by atoms with E-state index in [4.69, 9.17) is 4.74 Å². The van der Waals surface area contributed by atoms with Crippen LogP contribution < -0.4 is 4.31 Å². The summed E-state index contributed by atoms with van der Waals surface area (Å²) in [5, 5.41) is 1.41. The maximum atomic E-state index is 12.9. The second-order valence-electron chi connectivity index (χ2n) is 7.45. The lowest BCUT2D eigenvalue weighted by atomic mass is 10.00. The highest BCUT2D eigenvalue weighted by atomic mass is 32.2. The molecule has 2 aliphatic heterocycles. The zero-order valence-corrected chi connectivity index (χ0v) is 17.2. The number of nitrogens with zero attached hydrogens (tertiary/aromatic N) is 2. The Kier molecular flexibility index (Phi) is 5.21. The minimum atomic E-state index is -3.83. The van der Waals surface area contributed by atoms with Crippen LogP contribution in [0, 0.1) is 0 Å². The first kappa shape index (κ1) is 19.7. The molecule has 29 heavy (non-hydrogen) atoms. The number of likely N-dealkylation sites (tertiary alicyclic amines) is 1. The lowest BCUT2D eigenvalue weighted by molar-refractivity contribution is -0.152. The zero-order valence-electron chi connectivity index (χ0n) is 16.3. The molecule has 0 saturated carbocycles. The van der Waals surface area contributed by atoms with Gasteiger partial charge in [-0.25, -0.2) is 8.42 Å². The van der Waals surface area contributed by atoms with Crippen LogP contribution in [-0.4, -0.2) is 50.9 Å². The summed E-state index contributed by atoms with van der Waals surface area (Å²) in [7, 11) is -3.83. The number of sulfonamides is 1. The highest BCUT2D eigenvalue weighted by Crippen LogP contribution is 2.41. The maximum Gasteiger partial charge on any atom is 0.327 e. The Morgan fingerprint density at radius 1 is 1.14 bits per heavy atom. The molecule has 1 amide bonds. The fourth-order valence-electron chi connectivity index (χ4n) is 4.27. The van der Waals surface area contributed by atoms with Crippen molar-refractivity contribution in [1.29, 1.82) is 0 Å². The molecule has 1 saturated heterocycles. The van der Waals surface area contributed by atoms with Crippen LogP contribution >= 0.6 is 0 Å². The number of carbonyl (C=O) groups is 2. The summed E-state index contributed by atoms with van der Waals surface area (Å²) in [6.45, 7) is 1.90. The smallest absolute Gasteiger partial charge is 0.327 e. The van der Waals surface area contributed by atoms with Crippen molar-refractivity contribution in [1.82, 2.24) is 4.90 Å². The van der Waals surface area contributed by atoms with Crippen molar-refractivity contribution in [2.45, 2.75) is 43.5 Å². The highest BCUT2D eigenvalue weighted by molar-refractivity contribution is 7.93. The van der Waals surface area contributed by atoms with E-state index in [0.29, 0.717) is 17.6 Å². The van der Waals surface area contributed by atoms with Gasteiger partial charge in [-0.1, -0.05) is 31.2 Å². The summed E-state index contributed by atoms with van der Waals surface area (Å²) >= 11 is 0. The summed E-state index contributed by atoms with van der Waals surface area (Å²) in [6, 6.07) is 10.5. The van der Waals surface area contributed by atoms with Crippen LogP contribution in [-0.2, 0) is 24.3 Å². The van der Waals surface area contributed by atoms with Crippen LogP contribution in [0.25, 0.3) is 10.8 Å². The predicted molar refractivity (Wildman–Crippen MR) is 109 cm³/mol. The third kappa shape index (κ3) is 3.46. The number of benzene rings is 2. The van der Waals surface area contributed by atoms with Gasteiger partial charge in [-0.3, -0.25) is 13.9 Å². The molecule has 8 heteroatoms. The number of amides is 1. The second kappa shape index (κ2) is 7.67. The molecule has 2 aromatic carbocycles. The molecule has 0 bridgehead atoms. The molecule has 7 nitrogen and oxygen atoms in total. The molecule has 2 heterocycles. The highest BCUT2D eigenvalue weighted by Gasteiger charge is 2.37. The van der Waals surface area contributed by atoms with Crippen LogP contribution in [0.5, 0.6) is 0 Å². The molecule has 154 valence electrons. The molecule has 2 aromatic rings. The molecule has 1 atom stereocenters. The molecule has 0 spiro atoms. The normalized spacial score (nSPS) is 20.1. The van der Waals surface area contributed by atoms with Crippen molar-refractivity contribution in [3.63, 3.8) is 0 Å². The minimum Gasteiger partial charge on any atom is -0.454 e. The van der Waals surface area contributed by atoms with Crippen molar-refractivity contribution in [2.75, 3.05) is 24.0 Å². The average Bonchev–Trinajstić information content (AvgIpc) is 2.95. The Balaban J connectivity index is 1.45. The maximum absolute atomic E-state index is 12.9. The first-order valence-electron chi connectivity index (χ1n) is 9.93. The monoisotopic (exact) mass is 416 g/mol. The number of piperidine rings is 1. The fraction of sp³-hybridized carbons (Fsp3) is 0.429. The molecule has 0 unspecified atom stereocenters. The zero-order chi connectivity index (χ0) is 20.6. The standard InChI is InChI=1S/C21H24N2O5S/c1-2-16-9-3-4-12-22(16)19(24)14-28-20(25)13-23-17-10-5-7-15-8-6-11-18(21(15)17)29(23,26)27/h5-8,10-11,16H,2-4,9,12-14H2,1H3/t16-/m1/s1. The first-order valence-corrected chi connectivity index (χ1v) is 11.4. The van der Waals surface area contributed by atoms with Gasteiger partial charge in [0.05, 0.1) is 10.6 Å². The summed E-state index contributed by atoms with van der Waals surface area (Å²) in [6.07, 6.45) is 3.88. The molecule has 0 radical (unpaired) electrons. The molecule has 0 aromatic heterocycles. The van der Waals surface area contributed by atoms with E-state index in [1.807, 2.05) is 19.1 Å². The van der Waals surface area contributed by atoms with Crippen molar-refractivity contribution in [3.8, 4) is 0 Å². The van der Waals surface area contributed by atoms with Crippen LogP contribution in [0.1, 0.15) is 32.6 Å². The van der Waals surface area contributed by atoms with Crippen molar-refractivity contribution in [2.24, 2.45) is 0 Å². The van der Waals surface area contributed by atoms with E-state index in [1.54, 1.807) is 23.1 Å². The topological polar surface area (TPSA) is 84.0 Å². The second-order valence-corrected chi connectivity index (χ2v) is 9.28. The average molecular weight is 416 g/mol. The van der Waals surface area contributed by atoms with Crippen LogP contribution in [0.3, 0.4) is 0 Å². The molecule has 4 rings (SSSR count). The van der Waals surface area contributed by atoms with Gasteiger partial charge < -0.3 is 9.64 Å². The Morgan fingerprint density at radius 3 is 2.66 bits per heavy atom. The molecular weight excluding hydrogens is 392 g/mol. The van der Waals surface area contributed by atoms with Gasteiger partial charge in [0.15, 0.2) is 6.61 Å². The Morgan fingerprint density at radius 2 is 1.90 bits per heavy atom. The Labute approximate surface area is 170 Å². The molecular formula is C21H24N2O5S. The van der Waals surface area contributed by atoms with Gasteiger partial charge in [0.2, 0.25) is 0 Å². The number of carbonyl (C=O) groups excluding carboxylic acids is 2. The number of anilines is 1. The van der Waals surface area contributed by atoms with E-state index in [9.17, 15) is 18.0 Å². The van der Waals surface area contributed by atoms with Gasteiger partial charge in [-0.2, -0.15) is 0 Å². The number of rotatable bonds is 5. The largest absolute Gasteiger partial charge is 0.454 e. The number of hydrogen-bond acceptors (Lipinski definition) is 5. The van der Waals surface area contributed by atoms with Crippen molar-refractivity contribution in [3.05, 3.63) is 36.4 Å². The summed E-state index contributed by atoms with van der Waals surface area (Å²) < 4.78 is 32.0. The Hall–Kier alpha value is -2.61. The molecule has 2 aliphatic rings. The quantitative estimate of drug-likeness (QED) is 0.700. The van der Waals surface area contributed by atoms with E-state index in [0.717, 1.165) is 35.4 Å². The minimum absolute atomic E-state index is 0.181. The summed E-state index contributed by atoms with van der Waals surface area (Å²) in [4.78, 5) is 26.8. The van der Waals surface area contributed by atoms with Gasteiger partial charge in [0.1, 0.15) is 6.54 Å². The predicted octanol–water partition coefficient (Wildman–Crippen LogP) is 2.68. The fourth-order valence-corrected chi connectivity index (χ4v) is 5.92. The lowest BCUT2D eigenvalue weighted by Crippen LogP contribution is -2.45. The number of hydrogen-bond donors (Lipinski definition) is 0. The van der Waals surface area contributed by atoms with Gasteiger partial charge in [-0.05, 0) is 43.2 Å². The van der Waals surface area contributed by atoms with E-state index in [-0.39, 0.29) is 23.5 Å². The lowest BCUT2D eigenvalue weighted by Gasteiger charge is -2.35. The van der Waals surface area contributed by atoms with E-state index in [2.05, 4.69) is 0 Å². The van der Waals surface area contributed by atoms with Gasteiger partial charge in [-0.15, -0.1) is 0 Å². The summed E-state index contributed by atoms with van der Waals surface area (Å²) in [5.74, 6) is -0.962. The van der Waals surface area contributed by atoms with Crippen LogP contribution in [0.2, 0.25) is 0 Å². The third-order valence-electron chi connectivity index (χ3n) is 5.73. The van der Waals surface area contributed by atoms with E-state index < -0.39 is 22.5 Å². The SMILES string of the molecule is CC[C@@H]1CCCCN1C(=O)COC(=O)CN1c2cccc3cccc(c23)S1(=O)=O. The van der Waals surface area contributed by atoms with Gasteiger partial charge in [0, 0.05) is 18.0 Å². The first-order chi connectivity index (χ1) is 13.9. The third-order valence-corrected chi connectivity index (χ3v) is 7.53. The molecule has 0 N–H and O–H groups in total. The van der Waals surface area contributed by atoms with Crippen molar-refractivity contribution >= 4 is 38.4 Å². The van der Waals surface area contributed by atoms with Crippen LogP contribution in [0.15, 0.2) is 41.3 Å². The van der Waals surface area contributed by atoms with E-state index in [1.165, 1.54) is 6.07 Å². The summed E-state index contributed by atoms with van der Waals surface area (Å²) in [5.41, 5.74) is 0.462. The van der Waals surface area contributed by atoms with Gasteiger partial charge in [0.25, 0.3) is 15.9 Å². The van der Waals surface area contributed by atoms with Crippen LogP contribution in [0.4, 0.5) is 5.69 Å². The molecule has 1 fully saturated rings. The molecule has 0 aliphatic carbocycles. The number of ether oxygens (including phenoxy) is 1. The number of esters is 1. The van der Waals surface area contributed by atoms with Crippen molar-refractivity contribution < 1.29 is 22.7 Å².